The van der Waals surface area contributed by atoms with Crippen LogP contribution in [-0.4, -0.2) is 26.2 Å². The quantitative estimate of drug-likeness (QED) is 0.449. The second-order valence-electron chi connectivity index (χ2n) is 6.20. The van der Waals surface area contributed by atoms with Crippen LogP contribution in [0, 0.1) is 13.3 Å². The van der Waals surface area contributed by atoms with Gasteiger partial charge in [0.05, 0.1) is 22.7 Å². The van der Waals surface area contributed by atoms with Crippen molar-refractivity contribution in [2.24, 2.45) is 0 Å². The summed E-state index contributed by atoms with van der Waals surface area (Å²) in [5, 5.41) is 0. The first-order valence-electron chi connectivity index (χ1n) is 9.78. The van der Waals surface area contributed by atoms with Crippen molar-refractivity contribution in [3.05, 3.63) is 61.9 Å². The minimum atomic E-state index is -0.106. The second kappa shape index (κ2) is 12.5. The average Bonchev–Trinajstić information content (AvgIpc) is 3.32. The zero-order valence-electron chi connectivity index (χ0n) is 17.3. The SMILES string of the molecule is CCN1[C]N(CC)c2ccccc21.CCN1[C]N(CC)c2ccccc21.[Cl][Pd][Cl]. The Morgan fingerprint density at radius 3 is 0.966 bits per heavy atom. The molecule has 0 fully saturated rings. The van der Waals surface area contributed by atoms with Crippen molar-refractivity contribution in [1.29, 1.82) is 0 Å². The molecule has 7 heteroatoms. The summed E-state index contributed by atoms with van der Waals surface area (Å²) in [6.07, 6.45) is 0. The van der Waals surface area contributed by atoms with Gasteiger partial charge in [-0.05, 0) is 52.0 Å². The van der Waals surface area contributed by atoms with Gasteiger partial charge < -0.3 is 19.6 Å². The van der Waals surface area contributed by atoms with Crippen LogP contribution in [-0.2, 0) is 15.9 Å². The number of halogens is 2. The first-order valence-corrected chi connectivity index (χ1v) is 13.8. The van der Waals surface area contributed by atoms with Gasteiger partial charge in [-0.3, -0.25) is 0 Å². The summed E-state index contributed by atoms with van der Waals surface area (Å²) < 4.78 is 0. The fourth-order valence-corrected chi connectivity index (χ4v) is 3.31. The molecule has 0 N–H and O–H groups in total. The van der Waals surface area contributed by atoms with Gasteiger partial charge in [0, 0.05) is 26.2 Å². The molecule has 0 aromatic heterocycles. The monoisotopic (exact) mass is 524 g/mol. The molecule has 0 bridgehead atoms. The molecule has 160 valence electrons. The van der Waals surface area contributed by atoms with Gasteiger partial charge in [-0.25, -0.2) is 0 Å². The first-order chi connectivity index (χ1) is 14.1. The van der Waals surface area contributed by atoms with Gasteiger partial charge in [-0.2, -0.15) is 0 Å². The van der Waals surface area contributed by atoms with E-state index in [2.05, 4.69) is 109 Å². The van der Waals surface area contributed by atoms with Gasteiger partial charge >= 0.3 is 35.0 Å². The summed E-state index contributed by atoms with van der Waals surface area (Å²) in [6, 6.07) is 16.8. The molecule has 0 aliphatic carbocycles. The average molecular weight is 526 g/mol. The minimum absolute atomic E-state index is 0.106. The standard InChI is InChI=1S/2C11H14N2.2ClH.Pd/c2*1-3-12-9-13(4-2)11-8-6-5-7-10(11)12;;;/h2*5-8H,3-4H2,1-2H3;2*1H;/q;;;;+2/p-2. The van der Waals surface area contributed by atoms with E-state index in [0.717, 1.165) is 26.2 Å². The van der Waals surface area contributed by atoms with Crippen LogP contribution in [0.4, 0.5) is 22.7 Å². The van der Waals surface area contributed by atoms with Crippen LogP contribution in [0.15, 0.2) is 48.5 Å². The molecule has 2 aromatic rings. The van der Waals surface area contributed by atoms with Crippen molar-refractivity contribution in [2.45, 2.75) is 27.7 Å². The van der Waals surface area contributed by atoms with E-state index in [9.17, 15) is 0 Å². The Morgan fingerprint density at radius 1 is 0.586 bits per heavy atom. The topological polar surface area (TPSA) is 13.0 Å². The Balaban J connectivity index is 0.000000183. The molecule has 2 aromatic carbocycles. The number of para-hydroxylation sites is 4. The van der Waals surface area contributed by atoms with Crippen LogP contribution >= 0.6 is 19.1 Å². The predicted octanol–water partition coefficient (Wildman–Crippen LogP) is 6.07. The van der Waals surface area contributed by atoms with Crippen molar-refractivity contribution in [3.8, 4) is 0 Å². The molecule has 2 aliphatic heterocycles. The Labute approximate surface area is 192 Å². The molecule has 29 heavy (non-hydrogen) atoms. The Kier molecular flexibility index (Phi) is 10.5. The Morgan fingerprint density at radius 2 is 0.793 bits per heavy atom. The summed E-state index contributed by atoms with van der Waals surface area (Å²) in [5.41, 5.74) is 5.08. The van der Waals surface area contributed by atoms with E-state index in [-0.39, 0.29) is 15.9 Å². The van der Waals surface area contributed by atoms with Crippen molar-refractivity contribution in [3.63, 3.8) is 0 Å². The molecule has 2 aliphatic rings. The Hall–Kier alpha value is -1.12. The van der Waals surface area contributed by atoms with Gasteiger partial charge in [0.2, 0.25) is 13.3 Å². The van der Waals surface area contributed by atoms with Gasteiger partial charge in [-0.1, -0.05) is 24.3 Å². The molecule has 2 heterocycles. The van der Waals surface area contributed by atoms with Gasteiger partial charge in [-0.15, -0.1) is 0 Å². The normalized spacial score (nSPS) is 14.1. The molecule has 4 nitrogen and oxygen atoms in total. The molecule has 0 atom stereocenters. The third kappa shape index (κ3) is 5.95. The van der Waals surface area contributed by atoms with E-state index in [1.807, 2.05) is 0 Å². The maximum absolute atomic E-state index is 4.81. The summed E-state index contributed by atoms with van der Waals surface area (Å²) >= 11 is -0.106. The van der Waals surface area contributed by atoms with Crippen LogP contribution in [0.3, 0.4) is 0 Å². The molecular formula is C22H28Cl2N4Pd. The number of anilines is 4. The molecule has 0 unspecified atom stereocenters. The molecule has 0 saturated carbocycles. The summed E-state index contributed by atoms with van der Waals surface area (Å²) in [7, 11) is 9.63. The van der Waals surface area contributed by atoms with E-state index in [1.54, 1.807) is 0 Å². The van der Waals surface area contributed by atoms with Crippen molar-refractivity contribution in [1.82, 2.24) is 0 Å². The number of rotatable bonds is 4. The molecular weight excluding hydrogens is 498 g/mol. The molecule has 0 saturated heterocycles. The maximum atomic E-state index is 4.81. The number of benzene rings is 2. The predicted molar refractivity (Wildman–Crippen MR) is 123 cm³/mol. The van der Waals surface area contributed by atoms with Crippen LogP contribution < -0.4 is 19.6 Å². The third-order valence-corrected chi connectivity index (χ3v) is 4.67. The van der Waals surface area contributed by atoms with Crippen molar-refractivity contribution in [2.75, 3.05) is 45.8 Å². The summed E-state index contributed by atoms with van der Waals surface area (Å²) in [5.74, 6) is 0. The van der Waals surface area contributed by atoms with Crippen molar-refractivity contribution < 1.29 is 15.9 Å². The van der Waals surface area contributed by atoms with E-state index < -0.39 is 0 Å². The second-order valence-corrected chi connectivity index (χ2v) is 8.56. The number of hydrogen-bond donors (Lipinski definition) is 0. The molecule has 4 radical (unpaired) electrons. The fourth-order valence-electron chi connectivity index (χ4n) is 3.31. The van der Waals surface area contributed by atoms with Gasteiger partial charge in [0.25, 0.3) is 0 Å². The van der Waals surface area contributed by atoms with Crippen LogP contribution in [0.1, 0.15) is 27.7 Å². The number of fused-ring (bicyclic) bond motifs is 2. The Bertz CT molecular complexity index is 627. The molecule has 0 spiro atoms. The van der Waals surface area contributed by atoms with E-state index in [1.165, 1.54) is 22.7 Å². The van der Waals surface area contributed by atoms with Crippen LogP contribution in [0.2, 0.25) is 0 Å². The third-order valence-electron chi connectivity index (χ3n) is 4.67. The fraction of sp³-hybridized carbons (Fsp3) is 0.364. The molecule has 0 amide bonds. The summed E-state index contributed by atoms with van der Waals surface area (Å²) in [6.45, 7) is 19.1. The zero-order chi connectivity index (χ0) is 21.2. The van der Waals surface area contributed by atoms with E-state index in [0.29, 0.717) is 0 Å². The van der Waals surface area contributed by atoms with Crippen LogP contribution in [0.5, 0.6) is 0 Å². The van der Waals surface area contributed by atoms with E-state index >= 15 is 0 Å². The zero-order valence-corrected chi connectivity index (χ0v) is 20.4. The number of nitrogens with zero attached hydrogens (tertiary/aromatic N) is 4. The number of hydrogen-bond acceptors (Lipinski definition) is 4. The van der Waals surface area contributed by atoms with E-state index in [4.69, 9.17) is 19.1 Å². The first kappa shape index (κ1) is 24.2. The van der Waals surface area contributed by atoms with Crippen molar-refractivity contribution >= 4 is 41.8 Å². The van der Waals surface area contributed by atoms with Gasteiger partial charge in [0.1, 0.15) is 0 Å². The summed E-state index contributed by atoms with van der Waals surface area (Å²) in [4.78, 5) is 8.61. The van der Waals surface area contributed by atoms with Gasteiger partial charge in [0.15, 0.2) is 0 Å². The van der Waals surface area contributed by atoms with Crippen LogP contribution in [0.25, 0.3) is 0 Å². The molecule has 4 rings (SSSR count).